The third-order valence-electron chi connectivity index (χ3n) is 4.65. The van der Waals surface area contributed by atoms with Crippen LogP contribution in [0.4, 0.5) is 0 Å². The van der Waals surface area contributed by atoms with E-state index in [0.717, 1.165) is 21.1 Å². The molecule has 0 unspecified atom stereocenters. The molecular formula is C18H23N3O2S. The Morgan fingerprint density at radius 2 is 2.04 bits per heavy atom. The Kier molecular flexibility index (Phi) is 5.28. The molecule has 128 valence electrons. The van der Waals surface area contributed by atoms with Gasteiger partial charge in [-0.3, -0.25) is 4.79 Å². The normalized spacial score (nSPS) is 16.8. The Labute approximate surface area is 146 Å². The van der Waals surface area contributed by atoms with Gasteiger partial charge in [-0.1, -0.05) is 30.3 Å². The summed E-state index contributed by atoms with van der Waals surface area (Å²) in [5.74, 6) is 0.0300. The smallest absolute Gasteiger partial charge is 0.227 e. The summed E-state index contributed by atoms with van der Waals surface area (Å²) in [7, 11) is 0. The van der Waals surface area contributed by atoms with Crippen LogP contribution in [-0.4, -0.2) is 30.6 Å². The highest BCUT2D eigenvalue weighted by Gasteiger charge is 2.38. The molecular weight excluding hydrogens is 322 g/mol. The van der Waals surface area contributed by atoms with Gasteiger partial charge >= 0.3 is 0 Å². The molecule has 0 atom stereocenters. The van der Waals surface area contributed by atoms with Gasteiger partial charge < -0.3 is 15.8 Å². The van der Waals surface area contributed by atoms with Gasteiger partial charge in [0.1, 0.15) is 5.01 Å². The van der Waals surface area contributed by atoms with Crippen molar-refractivity contribution in [1.82, 2.24) is 10.3 Å². The molecule has 1 aromatic carbocycles. The van der Waals surface area contributed by atoms with E-state index >= 15 is 0 Å². The highest BCUT2D eigenvalue weighted by Crippen LogP contribution is 2.31. The van der Waals surface area contributed by atoms with E-state index in [0.29, 0.717) is 39.1 Å². The first-order valence-corrected chi connectivity index (χ1v) is 9.04. The molecule has 2 heterocycles. The van der Waals surface area contributed by atoms with Crippen LogP contribution in [0.15, 0.2) is 30.3 Å². The van der Waals surface area contributed by atoms with Crippen LogP contribution in [0.25, 0.3) is 10.6 Å². The summed E-state index contributed by atoms with van der Waals surface area (Å²) in [6.07, 6.45) is 1.37. The molecule has 0 aliphatic carbocycles. The Morgan fingerprint density at radius 1 is 1.33 bits per heavy atom. The number of aryl methyl sites for hydroxylation is 1. The third-order valence-corrected chi connectivity index (χ3v) is 5.85. The largest absolute Gasteiger partial charge is 0.381 e. The quantitative estimate of drug-likeness (QED) is 0.873. The van der Waals surface area contributed by atoms with Crippen molar-refractivity contribution in [2.24, 2.45) is 11.1 Å². The molecule has 6 heteroatoms. The molecule has 1 saturated heterocycles. The zero-order chi connectivity index (χ0) is 17.0. The number of hydrogen-bond acceptors (Lipinski definition) is 5. The van der Waals surface area contributed by atoms with Crippen molar-refractivity contribution >= 4 is 17.2 Å². The first-order valence-electron chi connectivity index (χ1n) is 8.22. The first kappa shape index (κ1) is 17.1. The van der Waals surface area contributed by atoms with Crippen molar-refractivity contribution in [3.8, 4) is 10.6 Å². The van der Waals surface area contributed by atoms with Gasteiger partial charge in [-0.25, -0.2) is 4.98 Å². The number of carbonyl (C=O) groups excluding carboxylic acids is 1. The summed E-state index contributed by atoms with van der Waals surface area (Å²) < 4.78 is 5.37. The minimum absolute atomic E-state index is 0.0300. The van der Waals surface area contributed by atoms with E-state index in [4.69, 9.17) is 10.5 Å². The van der Waals surface area contributed by atoms with Crippen molar-refractivity contribution in [2.45, 2.75) is 26.3 Å². The number of amides is 1. The number of benzene rings is 1. The summed E-state index contributed by atoms with van der Waals surface area (Å²) in [6, 6.07) is 10.1. The number of carbonyl (C=O) groups is 1. The summed E-state index contributed by atoms with van der Waals surface area (Å²) in [6.45, 7) is 4.04. The van der Waals surface area contributed by atoms with Gasteiger partial charge in [0.2, 0.25) is 5.91 Å². The zero-order valence-corrected chi connectivity index (χ0v) is 14.7. The second-order valence-electron chi connectivity index (χ2n) is 6.17. The van der Waals surface area contributed by atoms with Crippen LogP contribution in [0.5, 0.6) is 0 Å². The zero-order valence-electron chi connectivity index (χ0n) is 13.9. The average Bonchev–Trinajstić information content (AvgIpc) is 3.01. The predicted octanol–water partition coefficient (Wildman–Crippen LogP) is 2.49. The van der Waals surface area contributed by atoms with E-state index in [2.05, 4.69) is 10.3 Å². The lowest BCUT2D eigenvalue weighted by atomic mass is 9.79. The molecule has 3 rings (SSSR count). The minimum atomic E-state index is -0.487. The predicted molar refractivity (Wildman–Crippen MR) is 95.7 cm³/mol. The number of rotatable bonds is 5. The number of nitrogens with zero attached hydrogens (tertiary/aromatic N) is 1. The van der Waals surface area contributed by atoms with E-state index < -0.39 is 5.41 Å². The maximum absolute atomic E-state index is 12.7. The monoisotopic (exact) mass is 345 g/mol. The minimum Gasteiger partial charge on any atom is -0.381 e. The lowest BCUT2D eigenvalue weighted by Crippen LogP contribution is -2.48. The van der Waals surface area contributed by atoms with Crippen molar-refractivity contribution in [3.63, 3.8) is 0 Å². The maximum atomic E-state index is 12.7. The molecule has 0 spiro atoms. The van der Waals surface area contributed by atoms with Crippen LogP contribution < -0.4 is 11.1 Å². The second kappa shape index (κ2) is 7.42. The Bertz CT molecular complexity index is 694. The van der Waals surface area contributed by atoms with Crippen LogP contribution in [-0.2, 0) is 16.1 Å². The third kappa shape index (κ3) is 3.50. The molecule has 1 fully saturated rings. The molecule has 5 nitrogen and oxygen atoms in total. The standard InChI is InChI=1S/C18H23N3O2S/c1-13-15(24-16(21-13)14-5-3-2-4-6-14)11-20-17(22)18(12-19)7-9-23-10-8-18/h2-6H,7-12,19H2,1H3,(H,20,22). The van der Waals surface area contributed by atoms with Crippen LogP contribution in [0.2, 0.25) is 0 Å². The van der Waals surface area contributed by atoms with Gasteiger partial charge in [0.15, 0.2) is 0 Å². The average molecular weight is 345 g/mol. The van der Waals surface area contributed by atoms with E-state index in [-0.39, 0.29) is 5.91 Å². The number of nitrogens with two attached hydrogens (primary N) is 1. The van der Waals surface area contributed by atoms with E-state index in [9.17, 15) is 4.79 Å². The maximum Gasteiger partial charge on any atom is 0.227 e. The molecule has 0 radical (unpaired) electrons. The Hall–Kier alpha value is -1.76. The molecule has 1 aromatic heterocycles. The lowest BCUT2D eigenvalue weighted by Gasteiger charge is -2.34. The summed E-state index contributed by atoms with van der Waals surface area (Å²) >= 11 is 1.63. The van der Waals surface area contributed by atoms with E-state index in [1.807, 2.05) is 37.3 Å². The molecule has 1 aliphatic heterocycles. The van der Waals surface area contributed by atoms with Gasteiger partial charge in [-0.15, -0.1) is 11.3 Å². The van der Waals surface area contributed by atoms with Gasteiger partial charge in [0, 0.05) is 30.2 Å². The Balaban J connectivity index is 1.68. The van der Waals surface area contributed by atoms with Crippen molar-refractivity contribution in [3.05, 3.63) is 40.9 Å². The molecule has 24 heavy (non-hydrogen) atoms. The van der Waals surface area contributed by atoms with Crippen molar-refractivity contribution < 1.29 is 9.53 Å². The summed E-state index contributed by atoms with van der Waals surface area (Å²) in [4.78, 5) is 18.4. The summed E-state index contributed by atoms with van der Waals surface area (Å²) in [5, 5.41) is 4.05. The number of aromatic nitrogens is 1. The summed E-state index contributed by atoms with van der Waals surface area (Å²) in [5.41, 5.74) is 7.47. The van der Waals surface area contributed by atoms with Crippen LogP contribution in [0, 0.1) is 12.3 Å². The van der Waals surface area contributed by atoms with Crippen LogP contribution in [0.1, 0.15) is 23.4 Å². The topological polar surface area (TPSA) is 77.2 Å². The molecule has 1 aliphatic rings. The first-order chi connectivity index (χ1) is 11.6. The highest BCUT2D eigenvalue weighted by atomic mass is 32.1. The molecule has 3 N–H and O–H groups in total. The molecule has 0 saturated carbocycles. The fourth-order valence-electron chi connectivity index (χ4n) is 2.93. The van der Waals surface area contributed by atoms with E-state index in [1.165, 1.54) is 0 Å². The van der Waals surface area contributed by atoms with Crippen molar-refractivity contribution in [1.29, 1.82) is 0 Å². The molecule has 0 bridgehead atoms. The number of nitrogens with one attached hydrogen (secondary N) is 1. The van der Waals surface area contributed by atoms with Gasteiger partial charge in [-0.05, 0) is 19.8 Å². The highest BCUT2D eigenvalue weighted by molar-refractivity contribution is 7.15. The second-order valence-corrected chi connectivity index (χ2v) is 7.26. The van der Waals surface area contributed by atoms with Gasteiger partial charge in [-0.2, -0.15) is 0 Å². The van der Waals surface area contributed by atoms with Gasteiger partial charge in [0.25, 0.3) is 0 Å². The number of ether oxygens (including phenoxy) is 1. The fourth-order valence-corrected chi connectivity index (χ4v) is 3.94. The van der Waals surface area contributed by atoms with Crippen LogP contribution in [0.3, 0.4) is 0 Å². The lowest BCUT2D eigenvalue weighted by molar-refractivity contribution is -0.136. The van der Waals surface area contributed by atoms with E-state index in [1.54, 1.807) is 11.3 Å². The fraction of sp³-hybridized carbons (Fsp3) is 0.444. The number of hydrogen-bond donors (Lipinski definition) is 2. The van der Waals surface area contributed by atoms with Gasteiger partial charge in [0.05, 0.1) is 17.7 Å². The molecule has 1 amide bonds. The number of thiazole rings is 1. The Morgan fingerprint density at radius 3 is 2.71 bits per heavy atom. The van der Waals surface area contributed by atoms with Crippen LogP contribution >= 0.6 is 11.3 Å². The SMILES string of the molecule is Cc1nc(-c2ccccc2)sc1CNC(=O)C1(CN)CCOCC1. The van der Waals surface area contributed by atoms with Crippen molar-refractivity contribution in [2.75, 3.05) is 19.8 Å². The molecule has 2 aromatic rings.